The Morgan fingerprint density at radius 2 is 2.21 bits per heavy atom. The van der Waals surface area contributed by atoms with Gasteiger partial charge in [0.15, 0.2) is 5.96 Å². The average Bonchev–Trinajstić information content (AvgIpc) is 3.20. The number of para-hydroxylation sites is 1. The molecule has 0 aliphatic heterocycles. The molecule has 19 heavy (non-hydrogen) atoms. The molecule has 0 aromatic heterocycles. The molecule has 0 amide bonds. The molecule has 1 unspecified atom stereocenters. The molecule has 0 heterocycles. The molecular weight excluding hydrogens is 238 g/mol. The van der Waals surface area contributed by atoms with E-state index in [1.165, 1.54) is 12.8 Å². The van der Waals surface area contributed by atoms with Crippen molar-refractivity contribution in [2.45, 2.75) is 45.3 Å². The molecule has 0 saturated heterocycles. The number of ether oxygens (including phenoxy) is 1. The van der Waals surface area contributed by atoms with Crippen LogP contribution in [0.1, 0.15) is 31.7 Å². The van der Waals surface area contributed by atoms with Gasteiger partial charge in [-0.25, -0.2) is 4.99 Å². The molecule has 1 aliphatic carbocycles. The Morgan fingerprint density at radius 1 is 1.47 bits per heavy atom. The molecule has 1 atom stereocenters. The molecule has 1 aromatic rings. The van der Waals surface area contributed by atoms with Crippen LogP contribution in [0.2, 0.25) is 0 Å². The van der Waals surface area contributed by atoms with Crippen LogP contribution in [0.15, 0.2) is 29.3 Å². The summed E-state index contributed by atoms with van der Waals surface area (Å²) in [6.07, 6.45) is 3.38. The van der Waals surface area contributed by atoms with E-state index in [1.54, 1.807) is 0 Å². The number of hydrogen-bond donors (Lipinski definition) is 2. The summed E-state index contributed by atoms with van der Waals surface area (Å²) in [6, 6.07) is 8.59. The van der Waals surface area contributed by atoms with Crippen molar-refractivity contribution in [1.29, 1.82) is 0 Å². The molecule has 0 spiro atoms. The van der Waals surface area contributed by atoms with Crippen molar-refractivity contribution >= 4 is 5.96 Å². The Labute approximate surface area is 115 Å². The number of guanidine groups is 1. The van der Waals surface area contributed by atoms with Gasteiger partial charge in [0.25, 0.3) is 0 Å². The van der Waals surface area contributed by atoms with E-state index in [0.717, 1.165) is 17.7 Å². The zero-order valence-corrected chi connectivity index (χ0v) is 11.7. The second-order valence-electron chi connectivity index (χ2n) is 5.06. The molecule has 1 saturated carbocycles. The van der Waals surface area contributed by atoms with E-state index in [4.69, 9.17) is 10.5 Å². The van der Waals surface area contributed by atoms with E-state index in [-0.39, 0.29) is 6.10 Å². The van der Waals surface area contributed by atoms with Crippen LogP contribution in [0.4, 0.5) is 0 Å². The SMILES string of the molecule is CCC(CN=C(N)NC1CC1)Oc1ccccc1C. The quantitative estimate of drug-likeness (QED) is 0.610. The van der Waals surface area contributed by atoms with Crippen LogP contribution >= 0.6 is 0 Å². The summed E-state index contributed by atoms with van der Waals surface area (Å²) >= 11 is 0. The fourth-order valence-electron chi connectivity index (χ4n) is 1.80. The number of aliphatic imine (C=N–C) groups is 1. The Morgan fingerprint density at radius 3 is 2.84 bits per heavy atom. The van der Waals surface area contributed by atoms with Gasteiger partial charge in [0.05, 0.1) is 6.54 Å². The predicted molar refractivity (Wildman–Crippen MR) is 78.5 cm³/mol. The van der Waals surface area contributed by atoms with Gasteiger partial charge in [-0.2, -0.15) is 0 Å². The molecule has 3 N–H and O–H groups in total. The van der Waals surface area contributed by atoms with E-state index < -0.39 is 0 Å². The number of nitrogens with one attached hydrogen (secondary N) is 1. The van der Waals surface area contributed by atoms with Gasteiger partial charge in [-0.1, -0.05) is 25.1 Å². The molecule has 2 rings (SSSR count). The molecule has 4 heteroatoms. The van der Waals surface area contributed by atoms with Crippen LogP contribution in [0.5, 0.6) is 5.75 Å². The van der Waals surface area contributed by atoms with Gasteiger partial charge in [0.2, 0.25) is 0 Å². The van der Waals surface area contributed by atoms with Crippen molar-refractivity contribution in [3.05, 3.63) is 29.8 Å². The lowest BCUT2D eigenvalue weighted by Gasteiger charge is -2.17. The largest absolute Gasteiger partial charge is 0.488 e. The third-order valence-electron chi connectivity index (χ3n) is 3.24. The summed E-state index contributed by atoms with van der Waals surface area (Å²) in [4.78, 5) is 4.36. The topological polar surface area (TPSA) is 59.6 Å². The second-order valence-corrected chi connectivity index (χ2v) is 5.06. The van der Waals surface area contributed by atoms with Crippen molar-refractivity contribution in [2.24, 2.45) is 10.7 Å². The van der Waals surface area contributed by atoms with E-state index >= 15 is 0 Å². The van der Waals surface area contributed by atoms with Crippen molar-refractivity contribution in [1.82, 2.24) is 5.32 Å². The van der Waals surface area contributed by atoms with Crippen molar-refractivity contribution in [3.8, 4) is 5.75 Å². The summed E-state index contributed by atoms with van der Waals surface area (Å²) in [6.45, 7) is 4.74. The zero-order valence-electron chi connectivity index (χ0n) is 11.7. The zero-order chi connectivity index (χ0) is 13.7. The minimum atomic E-state index is 0.0700. The Hall–Kier alpha value is -1.71. The normalized spacial score (nSPS) is 17.1. The molecule has 1 fully saturated rings. The van der Waals surface area contributed by atoms with Gasteiger partial charge < -0.3 is 15.8 Å². The highest BCUT2D eigenvalue weighted by atomic mass is 16.5. The summed E-state index contributed by atoms with van der Waals surface area (Å²) in [5, 5.41) is 3.18. The standard InChI is InChI=1S/C15H23N3O/c1-3-13(10-17-15(16)18-12-8-9-12)19-14-7-5-4-6-11(14)2/h4-7,12-13H,3,8-10H2,1-2H3,(H3,16,17,18). The number of aryl methyl sites for hydroxylation is 1. The first-order chi connectivity index (χ1) is 9.19. The lowest BCUT2D eigenvalue weighted by molar-refractivity contribution is 0.204. The maximum atomic E-state index is 5.98. The number of nitrogens with two attached hydrogens (primary N) is 1. The average molecular weight is 261 g/mol. The van der Waals surface area contributed by atoms with Crippen LogP contribution in [0.25, 0.3) is 0 Å². The molecule has 104 valence electrons. The number of hydrogen-bond acceptors (Lipinski definition) is 2. The highest BCUT2D eigenvalue weighted by molar-refractivity contribution is 5.78. The second kappa shape index (κ2) is 6.45. The van der Waals surface area contributed by atoms with Gasteiger partial charge in [-0.05, 0) is 37.8 Å². The Kier molecular flexibility index (Phi) is 4.66. The monoisotopic (exact) mass is 261 g/mol. The maximum absolute atomic E-state index is 5.98. The Bertz CT molecular complexity index is 441. The van der Waals surface area contributed by atoms with Gasteiger partial charge in [-0.3, -0.25) is 0 Å². The van der Waals surface area contributed by atoms with Crippen molar-refractivity contribution < 1.29 is 4.74 Å². The van der Waals surface area contributed by atoms with Gasteiger partial charge >= 0.3 is 0 Å². The highest BCUT2D eigenvalue weighted by Gasteiger charge is 2.21. The van der Waals surface area contributed by atoms with Crippen LogP contribution in [0.3, 0.4) is 0 Å². The van der Waals surface area contributed by atoms with E-state index in [2.05, 4.69) is 17.2 Å². The van der Waals surface area contributed by atoms with Gasteiger partial charge in [0, 0.05) is 6.04 Å². The minimum absolute atomic E-state index is 0.0700. The van der Waals surface area contributed by atoms with Crippen LogP contribution in [0, 0.1) is 6.92 Å². The van der Waals surface area contributed by atoms with E-state index in [1.807, 2.05) is 31.2 Å². The lowest BCUT2D eigenvalue weighted by atomic mass is 10.2. The Balaban J connectivity index is 1.87. The molecule has 1 aromatic carbocycles. The van der Waals surface area contributed by atoms with Crippen molar-refractivity contribution in [2.75, 3.05) is 6.54 Å². The summed E-state index contributed by atoms with van der Waals surface area (Å²) in [5.74, 6) is 1.47. The molecular formula is C15H23N3O. The van der Waals surface area contributed by atoms with E-state index in [9.17, 15) is 0 Å². The lowest BCUT2D eigenvalue weighted by Crippen LogP contribution is -2.34. The highest BCUT2D eigenvalue weighted by Crippen LogP contribution is 2.19. The number of rotatable bonds is 6. The summed E-state index contributed by atoms with van der Waals surface area (Å²) < 4.78 is 5.98. The first-order valence-electron chi connectivity index (χ1n) is 6.97. The fourth-order valence-corrected chi connectivity index (χ4v) is 1.80. The molecule has 1 aliphatic rings. The maximum Gasteiger partial charge on any atom is 0.188 e. The van der Waals surface area contributed by atoms with Gasteiger partial charge in [-0.15, -0.1) is 0 Å². The minimum Gasteiger partial charge on any atom is -0.488 e. The molecule has 0 radical (unpaired) electrons. The third-order valence-corrected chi connectivity index (χ3v) is 3.24. The molecule has 0 bridgehead atoms. The van der Waals surface area contributed by atoms with Gasteiger partial charge in [0.1, 0.15) is 11.9 Å². The number of benzene rings is 1. The van der Waals surface area contributed by atoms with Crippen molar-refractivity contribution in [3.63, 3.8) is 0 Å². The summed E-state index contributed by atoms with van der Waals surface area (Å²) in [5.41, 5.74) is 6.97. The fraction of sp³-hybridized carbons (Fsp3) is 0.533. The van der Waals surface area contributed by atoms with Crippen LogP contribution < -0.4 is 15.8 Å². The third kappa shape index (κ3) is 4.47. The number of nitrogens with zero attached hydrogens (tertiary/aromatic N) is 1. The van der Waals surface area contributed by atoms with E-state index in [0.29, 0.717) is 18.5 Å². The first-order valence-corrected chi connectivity index (χ1v) is 6.97. The predicted octanol–water partition coefficient (Wildman–Crippen LogP) is 2.22. The summed E-state index contributed by atoms with van der Waals surface area (Å²) in [7, 11) is 0. The first kappa shape index (κ1) is 13.7. The van der Waals surface area contributed by atoms with Crippen LogP contribution in [-0.4, -0.2) is 24.7 Å². The smallest absolute Gasteiger partial charge is 0.188 e. The molecule has 4 nitrogen and oxygen atoms in total. The van der Waals surface area contributed by atoms with Crippen LogP contribution in [-0.2, 0) is 0 Å².